The van der Waals surface area contributed by atoms with E-state index in [4.69, 9.17) is 9.15 Å². The average Bonchev–Trinajstić information content (AvgIpc) is 3.31. The first-order valence-corrected chi connectivity index (χ1v) is 11.0. The standard InChI is InChI=1S/C27H27NO6/c1-14(2)33-21-11-8-18(13-16(21)4)25(30)23-24(22-10-7-17(5)34-22)28(27(32)26(23)31)19-12-15(3)6-9-20(19)29/h6-14,24,29-30H,1-5H3/b25-23-. The molecule has 1 atom stereocenters. The molecule has 1 aliphatic rings. The minimum atomic E-state index is -1.05. The zero-order valence-electron chi connectivity index (χ0n) is 19.7. The number of phenols is 1. The number of carbonyl (C=O) groups excluding carboxylic acids is 2. The Morgan fingerprint density at radius 2 is 1.76 bits per heavy atom. The first kappa shape index (κ1) is 23.2. The average molecular weight is 462 g/mol. The van der Waals surface area contributed by atoms with Gasteiger partial charge in [0, 0.05) is 5.56 Å². The molecular weight excluding hydrogens is 434 g/mol. The second kappa shape index (κ2) is 8.74. The summed E-state index contributed by atoms with van der Waals surface area (Å²) in [6.45, 7) is 9.23. The van der Waals surface area contributed by atoms with E-state index in [9.17, 15) is 19.8 Å². The first-order valence-electron chi connectivity index (χ1n) is 11.0. The highest BCUT2D eigenvalue weighted by atomic mass is 16.5. The summed E-state index contributed by atoms with van der Waals surface area (Å²) in [6, 6.07) is 12.2. The Morgan fingerprint density at radius 3 is 2.38 bits per heavy atom. The Bertz CT molecular complexity index is 1320. The zero-order chi connectivity index (χ0) is 24.7. The quantitative estimate of drug-likeness (QED) is 0.303. The van der Waals surface area contributed by atoms with Crippen molar-refractivity contribution in [1.29, 1.82) is 0 Å². The number of ether oxygens (including phenoxy) is 1. The number of Topliss-reactive ketones (excluding diaryl/α,β-unsaturated/α-hetero) is 1. The summed E-state index contributed by atoms with van der Waals surface area (Å²) in [6.07, 6.45) is -0.0207. The normalized spacial score (nSPS) is 17.6. The van der Waals surface area contributed by atoms with E-state index in [2.05, 4.69) is 0 Å². The van der Waals surface area contributed by atoms with Crippen molar-refractivity contribution in [2.75, 3.05) is 4.90 Å². The topological polar surface area (TPSA) is 100 Å². The number of aryl methyl sites for hydroxylation is 3. The molecule has 0 bridgehead atoms. The van der Waals surface area contributed by atoms with Crippen LogP contribution in [-0.4, -0.2) is 28.0 Å². The summed E-state index contributed by atoms with van der Waals surface area (Å²) in [5.74, 6) is -0.667. The third kappa shape index (κ3) is 4.05. The smallest absolute Gasteiger partial charge is 0.300 e. The van der Waals surface area contributed by atoms with Crippen molar-refractivity contribution in [2.45, 2.75) is 46.8 Å². The molecule has 1 aromatic heterocycles. The zero-order valence-corrected chi connectivity index (χ0v) is 19.7. The number of aromatic hydroxyl groups is 1. The maximum atomic E-state index is 13.2. The fraction of sp³-hybridized carbons (Fsp3) is 0.259. The number of hydrogen-bond acceptors (Lipinski definition) is 6. The number of amides is 1. The Hall–Kier alpha value is -4.00. The minimum Gasteiger partial charge on any atom is -0.507 e. The third-order valence-corrected chi connectivity index (χ3v) is 5.68. The number of aliphatic hydroxyl groups excluding tert-OH is 1. The maximum absolute atomic E-state index is 13.2. The second-order valence-electron chi connectivity index (χ2n) is 8.76. The number of hydrogen-bond donors (Lipinski definition) is 2. The number of phenolic OH excluding ortho intramolecular Hbond substituents is 1. The van der Waals surface area contributed by atoms with Crippen LogP contribution < -0.4 is 9.64 Å². The van der Waals surface area contributed by atoms with Crippen LogP contribution in [0.15, 0.2) is 58.5 Å². The van der Waals surface area contributed by atoms with Gasteiger partial charge in [-0.1, -0.05) is 6.07 Å². The van der Waals surface area contributed by atoms with Crippen molar-refractivity contribution < 1.29 is 29.0 Å². The lowest BCUT2D eigenvalue weighted by Crippen LogP contribution is -2.29. The number of carbonyl (C=O) groups is 2. The molecule has 0 spiro atoms. The van der Waals surface area contributed by atoms with Gasteiger partial charge in [-0.25, -0.2) is 0 Å². The Kier molecular flexibility index (Phi) is 5.96. The van der Waals surface area contributed by atoms with Crippen LogP contribution in [-0.2, 0) is 9.59 Å². The van der Waals surface area contributed by atoms with Crippen molar-refractivity contribution in [2.24, 2.45) is 0 Å². The van der Waals surface area contributed by atoms with Crippen LogP contribution in [0.2, 0.25) is 0 Å². The van der Waals surface area contributed by atoms with Crippen molar-refractivity contribution >= 4 is 23.1 Å². The molecule has 34 heavy (non-hydrogen) atoms. The first-order chi connectivity index (χ1) is 16.1. The monoisotopic (exact) mass is 461 g/mol. The van der Waals surface area contributed by atoms with Gasteiger partial charge >= 0.3 is 0 Å². The molecule has 4 rings (SSSR count). The van der Waals surface area contributed by atoms with Crippen molar-refractivity contribution in [3.8, 4) is 11.5 Å². The van der Waals surface area contributed by atoms with Gasteiger partial charge in [0.05, 0.1) is 17.4 Å². The van der Waals surface area contributed by atoms with Crippen LogP contribution in [0.4, 0.5) is 5.69 Å². The van der Waals surface area contributed by atoms with Gasteiger partial charge in [-0.15, -0.1) is 0 Å². The molecule has 3 aromatic rings. The molecule has 2 aromatic carbocycles. The molecule has 0 aliphatic carbocycles. The van der Waals surface area contributed by atoms with E-state index in [0.717, 1.165) is 11.1 Å². The predicted octanol–water partition coefficient (Wildman–Crippen LogP) is 5.32. The van der Waals surface area contributed by atoms with Gasteiger partial charge in [0.2, 0.25) is 0 Å². The van der Waals surface area contributed by atoms with Gasteiger partial charge in [0.15, 0.2) is 0 Å². The molecule has 0 saturated carbocycles. The van der Waals surface area contributed by atoms with E-state index in [1.165, 1.54) is 11.0 Å². The van der Waals surface area contributed by atoms with E-state index in [1.54, 1.807) is 49.4 Å². The molecular formula is C27H27NO6. The summed E-state index contributed by atoms with van der Waals surface area (Å²) in [5.41, 5.74) is 1.98. The molecule has 1 saturated heterocycles. The van der Waals surface area contributed by atoms with E-state index in [1.807, 2.05) is 27.7 Å². The van der Waals surface area contributed by atoms with Crippen molar-refractivity contribution in [3.63, 3.8) is 0 Å². The lowest BCUT2D eigenvalue weighted by atomic mass is 9.98. The van der Waals surface area contributed by atoms with Crippen LogP contribution >= 0.6 is 0 Å². The maximum Gasteiger partial charge on any atom is 0.300 e. The molecule has 2 N–H and O–H groups in total. The second-order valence-corrected chi connectivity index (χ2v) is 8.76. The fourth-order valence-corrected chi connectivity index (χ4v) is 4.12. The molecule has 7 heteroatoms. The molecule has 2 heterocycles. The van der Waals surface area contributed by atoms with Gasteiger partial charge in [0.25, 0.3) is 11.7 Å². The molecule has 1 unspecified atom stereocenters. The van der Waals surface area contributed by atoms with Crippen LogP contribution in [0.3, 0.4) is 0 Å². The lowest BCUT2D eigenvalue weighted by Gasteiger charge is -2.24. The number of ketones is 1. The van der Waals surface area contributed by atoms with E-state index in [0.29, 0.717) is 22.8 Å². The highest BCUT2D eigenvalue weighted by molar-refractivity contribution is 6.51. The molecule has 1 amide bonds. The predicted molar refractivity (Wildman–Crippen MR) is 128 cm³/mol. The Balaban J connectivity index is 1.91. The number of anilines is 1. The summed E-state index contributed by atoms with van der Waals surface area (Å²) < 4.78 is 11.6. The van der Waals surface area contributed by atoms with E-state index in [-0.39, 0.29) is 28.9 Å². The van der Waals surface area contributed by atoms with Crippen LogP contribution in [0, 0.1) is 20.8 Å². The summed E-state index contributed by atoms with van der Waals surface area (Å²) >= 11 is 0. The number of nitrogens with zero attached hydrogens (tertiary/aromatic N) is 1. The number of benzene rings is 2. The molecule has 0 radical (unpaired) electrons. The molecule has 1 aliphatic heterocycles. The van der Waals surface area contributed by atoms with Gasteiger partial charge in [0.1, 0.15) is 34.8 Å². The number of furan rings is 1. The minimum absolute atomic E-state index is 0.0207. The summed E-state index contributed by atoms with van der Waals surface area (Å²) in [7, 11) is 0. The van der Waals surface area contributed by atoms with Gasteiger partial charge in [-0.05, 0) is 88.2 Å². The summed E-state index contributed by atoms with van der Waals surface area (Å²) in [4.78, 5) is 27.6. The van der Waals surface area contributed by atoms with Gasteiger partial charge in [-0.2, -0.15) is 0 Å². The lowest BCUT2D eigenvalue weighted by molar-refractivity contribution is -0.132. The molecule has 7 nitrogen and oxygen atoms in total. The van der Waals surface area contributed by atoms with Gasteiger partial charge < -0.3 is 19.4 Å². The number of aliphatic hydroxyl groups is 1. The summed E-state index contributed by atoms with van der Waals surface area (Å²) in [5, 5.41) is 21.8. The molecule has 176 valence electrons. The third-order valence-electron chi connectivity index (χ3n) is 5.68. The van der Waals surface area contributed by atoms with Gasteiger partial charge in [-0.3, -0.25) is 14.5 Å². The highest BCUT2D eigenvalue weighted by Gasteiger charge is 2.49. The highest BCUT2D eigenvalue weighted by Crippen LogP contribution is 2.45. The van der Waals surface area contributed by atoms with E-state index < -0.39 is 17.7 Å². The van der Waals surface area contributed by atoms with Crippen molar-refractivity contribution in [1.82, 2.24) is 0 Å². The SMILES string of the molecule is Cc1ccc(O)c(N2C(=O)C(=O)/C(=C(\O)c3ccc(OC(C)C)c(C)c3)C2c2ccc(C)o2)c1. The molecule has 1 fully saturated rings. The van der Waals surface area contributed by atoms with Crippen molar-refractivity contribution in [3.05, 3.63) is 82.3 Å². The number of rotatable bonds is 5. The largest absolute Gasteiger partial charge is 0.507 e. The van der Waals surface area contributed by atoms with E-state index >= 15 is 0 Å². The fourth-order valence-electron chi connectivity index (χ4n) is 4.12. The Labute approximate surface area is 197 Å². The van der Waals surface area contributed by atoms with Crippen LogP contribution in [0.25, 0.3) is 5.76 Å². The Morgan fingerprint density at radius 1 is 1.03 bits per heavy atom. The van der Waals surface area contributed by atoms with Crippen LogP contribution in [0.1, 0.15) is 48.1 Å². The van der Waals surface area contributed by atoms with Crippen LogP contribution in [0.5, 0.6) is 11.5 Å².